The van der Waals surface area contributed by atoms with E-state index in [9.17, 15) is 9.18 Å². The van der Waals surface area contributed by atoms with Crippen LogP contribution in [0.25, 0.3) is 0 Å². The summed E-state index contributed by atoms with van der Waals surface area (Å²) in [4.78, 5) is 10.7. The summed E-state index contributed by atoms with van der Waals surface area (Å²) in [5, 5.41) is 8.71. The molecule has 15 heavy (non-hydrogen) atoms. The number of hydrogen-bond donors (Lipinski definition) is 2. The molecule has 0 aliphatic heterocycles. The van der Waals surface area contributed by atoms with E-state index in [1.165, 1.54) is 13.2 Å². The Kier molecular flexibility index (Phi) is 3.26. The lowest BCUT2D eigenvalue weighted by atomic mass is 10.0. The molecule has 0 saturated carbocycles. The van der Waals surface area contributed by atoms with Crippen molar-refractivity contribution in [3.8, 4) is 5.75 Å². The third-order valence-corrected chi connectivity index (χ3v) is 2.11. The molecular weight excluding hydrogens is 201 g/mol. The van der Waals surface area contributed by atoms with Gasteiger partial charge in [0.05, 0.1) is 7.11 Å². The third kappa shape index (κ3) is 2.24. The first-order chi connectivity index (χ1) is 6.97. The molecule has 0 bridgehead atoms. The Bertz CT molecular complexity index is 392. The first kappa shape index (κ1) is 11.5. The van der Waals surface area contributed by atoms with Gasteiger partial charge in [0, 0.05) is 5.56 Å². The predicted molar refractivity (Wildman–Crippen MR) is 52.3 cm³/mol. The van der Waals surface area contributed by atoms with Gasteiger partial charge in [-0.15, -0.1) is 0 Å². The van der Waals surface area contributed by atoms with Gasteiger partial charge < -0.3 is 15.6 Å². The van der Waals surface area contributed by atoms with Crippen LogP contribution in [-0.2, 0) is 4.79 Å². The molecule has 1 unspecified atom stereocenters. The molecule has 0 radical (unpaired) electrons. The van der Waals surface area contributed by atoms with Crippen LogP contribution in [0.3, 0.4) is 0 Å². The van der Waals surface area contributed by atoms with Gasteiger partial charge in [-0.1, -0.05) is 0 Å². The van der Waals surface area contributed by atoms with Crippen molar-refractivity contribution in [2.45, 2.75) is 13.0 Å². The fourth-order valence-corrected chi connectivity index (χ4v) is 1.22. The first-order valence-electron chi connectivity index (χ1n) is 4.29. The molecule has 0 spiro atoms. The van der Waals surface area contributed by atoms with Gasteiger partial charge in [-0.2, -0.15) is 0 Å². The van der Waals surface area contributed by atoms with Crippen molar-refractivity contribution in [2.75, 3.05) is 7.11 Å². The first-order valence-corrected chi connectivity index (χ1v) is 4.29. The van der Waals surface area contributed by atoms with Crippen LogP contribution in [0.1, 0.15) is 17.2 Å². The number of benzene rings is 1. The molecule has 0 heterocycles. The quantitative estimate of drug-likeness (QED) is 0.792. The lowest BCUT2D eigenvalue weighted by molar-refractivity contribution is -0.138. The van der Waals surface area contributed by atoms with Crippen molar-refractivity contribution >= 4 is 5.97 Å². The van der Waals surface area contributed by atoms with Gasteiger partial charge in [-0.25, -0.2) is 4.39 Å². The molecule has 0 amide bonds. The summed E-state index contributed by atoms with van der Waals surface area (Å²) in [6.45, 7) is 1.56. The molecule has 0 fully saturated rings. The zero-order valence-corrected chi connectivity index (χ0v) is 8.45. The summed E-state index contributed by atoms with van der Waals surface area (Å²) >= 11 is 0. The number of carboxylic acids is 1. The lowest BCUT2D eigenvalue weighted by Gasteiger charge is -2.13. The van der Waals surface area contributed by atoms with Crippen LogP contribution < -0.4 is 10.5 Å². The monoisotopic (exact) mass is 213 g/mol. The fourth-order valence-electron chi connectivity index (χ4n) is 1.22. The average Bonchev–Trinajstić information content (AvgIpc) is 2.20. The molecule has 0 saturated heterocycles. The summed E-state index contributed by atoms with van der Waals surface area (Å²) in [5.41, 5.74) is 5.90. The molecular formula is C10H12FNO3. The molecule has 5 heteroatoms. The van der Waals surface area contributed by atoms with Gasteiger partial charge >= 0.3 is 5.97 Å². The van der Waals surface area contributed by atoms with E-state index in [4.69, 9.17) is 15.6 Å². The van der Waals surface area contributed by atoms with E-state index in [1.807, 2.05) is 0 Å². The number of aliphatic carboxylic acids is 1. The number of halogens is 1. The number of ether oxygens (including phenoxy) is 1. The number of aryl methyl sites for hydroxylation is 1. The van der Waals surface area contributed by atoms with Gasteiger partial charge in [0.1, 0.15) is 17.6 Å². The van der Waals surface area contributed by atoms with Crippen molar-refractivity contribution in [3.63, 3.8) is 0 Å². The molecule has 3 N–H and O–H groups in total. The highest BCUT2D eigenvalue weighted by Gasteiger charge is 2.20. The van der Waals surface area contributed by atoms with Crippen molar-refractivity contribution in [3.05, 3.63) is 29.1 Å². The van der Waals surface area contributed by atoms with E-state index >= 15 is 0 Å². The second-order valence-corrected chi connectivity index (χ2v) is 3.16. The largest absolute Gasteiger partial charge is 0.496 e. The van der Waals surface area contributed by atoms with Crippen molar-refractivity contribution in [1.29, 1.82) is 0 Å². The average molecular weight is 213 g/mol. The molecule has 0 aliphatic carbocycles. The van der Waals surface area contributed by atoms with E-state index in [1.54, 1.807) is 6.92 Å². The van der Waals surface area contributed by atoms with E-state index in [-0.39, 0.29) is 11.3 Å². The highest BCUT2D eigenvalue weighted by molar-refractivity contribution is 5.76. The second-order valence-electron chi connectivity index (χ2n) is 3.16. The normalized spacial score (nSPS) is 12.3. The maximum Gasteiger partial charge on any atom is 0.325 e. The minimum absolute atomic E-state index is 0.133. The molecule has 82 valence electrons. The molecule has 0 aromatic heterocycles. The highest BCUT2D eigenvalue weighted by Crippen LogP contribution is 2.27. The number of carbonyl (C=O) groups is 1. The Morgan fingerprint density at radius 3 is 2.67 bits per heavy atom. The van der Waals surface area contributed by atoms with Crippen LogP contribution in [-0.4, -0.2) is 18.2 Å². The van der Waals surface area contributed by atoms with Crippen LogP contribution in [0.4, 0.5) is 4.39 Å². The second kappa shape index (κ2) is 4.27. The number of rotatable bonds is 3. The third-order valence-electron chi connectivity index (χ3n) is 2.11. The Morgan fingerprint density at radius 1 is 1.60 bits per heavy atom. The van der Waals surface area contributed by atoms with Crippen LogP contribution in [0.15, 0.2) is 12.1 Å². The van der Waals surface area contributed by atoms with Crippen molar-refractivity contribution in [1.82, 2.24) is 0 Å². The summed E-state index contributed by atoms with van der Waals surface area (Å²) in [5.74, 6) is -1.44. The van der Waals surface area contributed by atoms with Gasteiger partial charge in [-0.3, -0.25) is 4.79 Å². The maximum absolute atomic E-state index is 13.2. The Labute approximate surface area is 86.5 Å². The van der Waals surface area contributed by atoms with E-state index in [2.05, 4.69) is 0 Å². The zero-order valence-electron chi connectivity index (χ0n) is 8.45. The number of nitrogens with two attached hydrogens (primary N) is 1. The predicted octanol–water partition coefficient (Wildman–Crippen LogP) is 1.23. The smallest absolute Gasteiger partial charge is 0.325 e. The van der Waals surface area contributed by atoms with E-state index in [0.29, 0.717) is 5.56 Å². The molecule has 0 aliphatic rings. The van der Waals surface area contributed by atoms with E-state index < -0.39 is 17.8 Å². The van der Waals surface area contributed by atoms with Crippen LogP contribution in [0, 0.1) is 12.7 Å². The summed E-state index contributed by atoms with van der Waals surface area (Å²) in [7, 11) is 1.38. The minimum atomic E-state index is -1.28. The van der Waals surface area contributed by atoms with Gasteiger partial charge in [0.15, 0.2) is 0 Å². The molecule has 1 atom stereocenters. The fraction of sp³-hybridized carbons (Fsp3) is 0.300. The van der Waals surface area contributed by atoms with Crippen LogP contribution >= 0.6 is 0 Å². The standard InChI is InChI=1S/C10H12FNO3/c1-5-3-8(15-2)6(4-7(5)11)9(12)10(13)14/h3-4,9H,12H2,1-2H3,(H,13,14). The van der Waals surface area contributed by atoms with Crippen molar-refractivity contribution < 1.29 is 19.0 Å². The molecule has 1 aromatic rings. The maximum atomic E-state index is 13.2. The number of methoxy groups -OCH3 is 1. The van der Waals surface area contributed by atoms with Crippen LogP contribution in [0.5, 0.6) is 5.75 Å². The number of carboxylic acid groups (broad SMARTS) is 1. The number of hydrogen-bond acceptors (Lipinski definition) is 3. The summed E-state index contributed by atoms with van der Waals surface area (Å²) in [6, 6.07) is 1.23. The highest BCUT2D eigenvalue weighted by atomic mass is 19.1. The molecule has 1 rings (SSSR count). The minimum Gasteiger partial charge on any atom is -0.496 e. The Balaban J connectivity index is 3.27. The van der Waals surface area contributed by atoms with Crippen LogP contribution in [0.2, 0.25) is 0 Å². The van der Waals surface area contributed by atoms with Gasteiger partial charge in [0.25, 0.3) is 0 Å². The van der Waals surface area contributed by atoms with Crippen molar-refractivity contribution in [2.24, 2.45) is 5.73 Å². The Morgan fingerprint density at radius 2 is 2.20 bits per heavy atom. The molecule has 1 aromatic carbocycles. The summed E-state index contributed by atoms with van der Waals surface area (Å²) in [6.07, 6.45) is 0. The summed E-state index contributed by atoms with van der Waals surface area (Å²) < 4.78 is 18.2. The zero-order chi connectivity index (χ0) is 11.6. The molecule has 4 nitrogen and oxygen atoms in total. The van der Waals surface area contributed by atoms with Gasteiger partial charge in [0.2, 0.25) is 0 Å². The van der Waals surface area contributed by atoms with Gasteiger partial charge in [-0.05, 0) is 24.6 Å². The van der Waals surface area contributed by atoms with E-state index in [0.717, 1.165) is 6.07 Å². The topological polar surface area (TPSA) is 72.5 Å². The Hall–Kier alpha value is -1.62. The lowest BCUT2D eigenvalue weighted by Crippen LogP contribution is -2.21. The SMILES string of the molecule is COc1cc(C)c(F)cc1C(N)C(=O)O.